The van der Waals surface area contributed by atoms with E-state index in [0.29, 0.717) is 11.9 Å². The van der Waals surface area contributed by atoms with Crippen molar-refractivity contribution in [2.24, 2.45) is 13.0 Å². The molecule has 1 aromatic heterocycles. The summed E-state index contributed by atoms with van der Waals surface area (Å²) in [5, 5.41) is 7.74. The molecule has 2 aliphatic heterocycles. The normalized spacial score (nSPS) is 29.0. The Balaban J connectivity index is 0.00000196. The zero-order chi connectivity index (χ0) is 17.2. The number of hydrogen-bond donors (Lipinski definition) is 1. The van der Waals surface area contributed by atoms with Crippen LogP contribution in [0.3, 0.4) is 0 Å². The first-order valence-electron chi connectivity index (χ1n) is 9.83. The molecule has 1 aromatic rings. The number of aromatic nitrogens is 2. The van der Waals surface area contributed by atoms with Gasteiger partial charge in [-0.25, -0.2) is 0 Å². The molecule has 1 N–H and O–H groups in total. The molecule has 0 aromatic carbocycles. The Labute approximate surface area is 162 Å². The molecular weight excluding hydrogens is 352 g/mol. The van der Waals surface area contributed by atoms with Crippen LogP contribution in [0.25, 0.3) is 0 Å². The second-order valence-corrected chi connectivity index (χ2v) is 7.88. The van der Waals surface area contributed by atoms with E-state index in [9.17, 15) is 4.79 Å². The molecule has 0 radical (unpaired) electrons. The van der Waals surface area contributed by atoms with Crippen LogP contribution in [0.15, 0.2) is 12.4 Å². The van der Waals surface area contributed by atoms with Crippen LogP contribution >= 0.6 is 12.4 Å². The lowest BCUT2D eigenvalue weighted by molar-refractivity contribution is -0.139. The number of ether oxygens (including phenoxy) is 1. The van der Waals surface area contributed by atoms with Crippen LogP contribution in [0.2, 0.25) is 0 Å². The van der Waals surface area contributed by atoms with Gasteiger partial charge < -0.3 is 15.0 Å². The molecule has 6 nitrogen and oxygen atoms in total. The molecule has 3 fully saturated rings. The molecule has 0 bridgehead atoms. The average molecular weight is 383 g/mol. The van der Waals surface area contributed by atoms with Crippen LogP contribution in [-0.4, -0.2) is 59.0 Å². The third-order valence-corrected chi connectivity index (χ3v) is 6.16. The number of carbonyl (C=O) groups excluding carboxylic acids is 1. The third kappa shape index (κ3) is 4.07. The van der Waals surface area contributed by atoms with Crippen molar-refractivity contribution in [1.82, 2.24) is 20.0 Å². The van der Waals surface area contributed by atoms with Crippen LogP contribution in [-0.2, 0) is 16.6 Å². The van der Waals surface area contributed by atoms with E-state index in [1.165, 1.54) is 18.4 Å². The molecule has 3 atom stereocenters. The summed E-state index contributed by atoms with van der Waals surface area (Å²) in [4.78, 5) is 15.7. The van der Waals surface area contributed by atoms with Gasteiger partial charge in [0.1, 0.15) is 0 Å². The first kappa shape index (κ1) is 19.6. The largest absolute Gasteiger partial charge is 0.376 e. The predicted molar refractivity (Wildman–Crippen MR) is 102 cm³/mol. The van der Waals surface area contributed by atoms with Crippen molar-refractivity contribution < 1.29 is 9.53 Å². The molecule has 4 rings (SSSR count). The van der Waals surface area contributed by atoms with Gasteiger partial charge in [0.15, 0.2) is 0 Å². The average Bonchev–Trinajstić information content (AvgIpc) is 3.39. The second kappa shape index (κ2) is 8.72. The van der Waals surface area contributed by atoms with Crippen molar-refractivity contribution >= 4 is 18.3 Å². The van der Waals surface area contributed by atoms with E-state index < -0.39 is 0 Å². The summed E-state index contributed by atoms with van der Waals surface area (Å²) < 4.78 is 7.68. The summed E-state index contributed by atoms with van der Waals surface area (Å²) in [5.41, 5.74) is 1.18. The number of nitrogens with zero attached hydrogens (tertiary/aromatic N) is 3. The SMILES string of the molecule is Cl.Cn1cc([C@H]2CNC[C@@H]2C(=O)N(CC2CCCO2)C2CCCC2)cn1. The number of aryl methyl sites for hydroxylation is 1. The molecule has 26 heavy (non-hydrogen) atoms. The van der Waals surface area contributed by atoms with Crippen molar-refractivity contribution in [3.8, 4) is 0 Å². The van der Waals surface area contributed by atoms with Gasteiger partial charge in [-0.2, -0.15) is 5.10 Å². The van der Waals surface area contributed by atoms with Gasteiger partial charge in [0, 0.05) is 51.4 Å². The predicted octanol–water partition coefficient (Wildman–Crippen LogP) is 2.10. The Morgan fingerprint density at radius 1 is 1.31 bits per heavy atom. The minimum absolute atomic E-state index is 0. The highest BCUT2D eigenvalue weighted by Gasteiger charge is 2.40. The minimum Gasteiger partial charge on any atom is -0.376 e. The fraction of sp³-hybridized carbons (Fsp3) is 0.789. The maximum atomic E-state index is 13.5. The zero-order valence-corrected chi connectivity index (χ0v) is 16.4. The number of nitrogens with one attached hydrogen (secondary N) is 1. The molecular formula is C19H31ClN4O2. The van der Waals surface area contributed by atoms with Crippen LogP contribution in [0.1, 0.15) is 50.0 Å². The van der Waals surface area contributed by atoms with Crippen LogP contribution in [0.4, 0.5) is 0 Å². The number of rotatable bonds is 5. The fourth-order valence-electron chi connectivity index (χ4n) is 4.78. The topological polar surface area (TPSA) is 59.4 Å². The maximum absolute atomic E-state index is 13.5. The van der Waals surface area contributed by atoms with Crippen molar-refractivity contribution in [2.75, 3.05) is 26.2 Å². The maximum Gasteiger partial charge on any atom is 0.227 e. The molecule has 1 unspecified atom stereocenters. The van der Waals surface area contributed by atoms with Gasteiger partial charge in [-0.05, 0) is 31.2 Å². The molecule has 1 amide bonds. The lowest BCUT2D eigenvalue weighted by Crippen LogP contribution is -2.47. The first-order chi connectivity index (χ1) is 12.2. The minimum atomic E-state index is 0. The summed E-state index contributed by atoms with van der Waals surface area (Å²) in [5.74, 6) is 0.571. The Kier molecular flexibility index (Phi) is 6.59. The molecule has 0 spiro atoms. The van der Waals surface area contributed by atoms with E-state index in [4.69, 9.17) is 4.74 Å². The monoisotopic (exact) mass is 382 g/mol. The Hall–Kier alpha value is -1.11. The van der Waals surface area contributed by atoms with Gasteiger partial charge in [0.25, 0.3) is 0 Å². The Morgan fingerprint density at radius 3 is 2.77 bits per heavy atom. The first-order valence-corrected chi connectivity index (χ1v) is 9.83. The lowest BCUT2D eigenvalue weighted by atomic mass is 9.89. The Morgan fingerprint density at radius 2 is 2.12 bits per heavy atom. The third-order valence-electron chi connectivity index (χ3n) is 6.16. The number of hydrogen-bond acceptors (Lipinski definition) is 4. The summed E-state index contributed by atoms with van der Waals surface area (Å²) in [6.07, 6.45) is 11.2. The molecule has 7 heteroatoms. The van der Waals surface area contributed by atoms with Crippen molar-refractivity contribution in [2.45, 2.75) is 56.6 Å². The van der Waals surface area contributed by atoms with E-state index in [0.717, 1.165) is 51.9 Å². The number of halogens is 1. The van der Waals surface area contributed by atoms with Gasteiger partial charge in [-0.1, -0.05) is 12.8 Å². The van der Waals surface area contributed by atoms with E-state index in [1.807, 2.05) is 17.9 Å². The highest BCUT2D eigenvalue weighted by Crippen LogP contribution is 2.33. The highest BCUT2D eigenvalue weighted by atomic mass is 35.5. The smallest absolute Gasteiger partial charge is 0.227 e. The second-order valence-electron chi connectivity index (χ2n) is 7.88. The molecule has 1 aliphatic carbocycles. The summed E-state index contributed by atoms with van der Waals surface area (Å²) >= 11 is 0. The molecule has 1 saturated carbocycles. The molecule has 146 valence electrons. The van der Waals surface area contributed by atoms with Crippen LogP contribution in [0.5, 0.6) is 0 Å². The van der Waals surface area contributed by atoms with Gasteiger partial charge in [-0.15, -0.1) is 12.4 Å². The highest BCUT2D eigenvalue weighted by molar-refractivity contribution is 5.85. The Bertz CT molecular complexity index is 596. The van der Waals surface area contributed by atoms with Crippen LogP contribution < -0.4 is 5.32 Å². The quantitative estimate of drug-likeness (QED) is 0.847. The van der Waals surface area contributed by atoms with E-state index >= 15 is 0 Å². The van der Waals surface area contributed by atoms with Crippen molar-refractivity contribution in [3.63, 3.8) is 0 Å². The number of carbonyl (C=O) groups is 1. The molecule has 2 saturated heterocycles. The fourth-order valence-corrected chi connectivity index (χ4v) is 4.78. The standard InChI is InChI=1S/C19H30N4O2.ClH/c1-22-12-14(9-21-22)17-10-20-11-18(17)19(24)23(15-5-2-3-6-15)13-16-7-4-8-25-16;/h9,12,15-18,20H,2-8,10-11,13H2,1H3;1H/t16?,17-,18+;/m1./s1. The van der Waals surface area contributed by atoms with Gasteiger partial charge in [-0.3, -0.25) is 9.48 Å². The van der Waals surface area contributed by atoms with Gasteiger partial charge >= 0.3 is 0 Å². The van der Waals surface area contributed by atoms with Gasteiger partial charge in [0.05, 0.1) is 18.2 Å². The van der Waals surface area contributed by atoms with Gasteiger partial charge in [0.2, 0.25) is 5.91 Å². The van der Waals surface area contributed by atoms with E-state index in [2.05, 4.69) is 21.5 Å². The summed E-state index contributed by atoms with van der Waals surface area (Å²) in [7, 11) is 1.94. The number of amides is 1. The zero-order valence-electron chi connectivity index (χ0n) is 15.6. The van der Waals surface area contributed by atoms with Crippen LogP contribution in [0, 0.1) is 5.92 Å². The lowest BCUT2D eigenvalue weighted by Gasteiger charge is -2.34. The van der Waals surface area contributed by atoms with Crippen molar-refractivity contribution in [1.29, 1.82) is 0 Å². The van der Waals surface area contributed by atoms with E-state index in [1.54, 1.807) is 0 Å². The van der Waals surface area contributed by atoms with E-state index in [-0.39, 0.29) is 30.3 Å². The molecule has 3 heterocycles. The molecule has 3 aliphatic rings. The summed E-state index contributed by atoms with van der Waals surface area (Å²) in [6, 6.07) is 0.409. The van der Waals surface area contributed by atoms with Crippen molar-refractivity contribution in [3.05, 3.63) is 18.0 Å². The summed E-state index contributed by atoms with van der Waals surface area (Å²) in [6.45, 7) is 3.26.